The largest absolute Gasteiger partial charge is 0.475 e. The number of hydrogen-bond acceptors (Lipinski definition) is 4. The van der Waals surface area contributed by atoms with Gasteiger partial charge in [0.2, 0.25) is 11.8 Å². The van der Waals surface area contributed by atoms with E-state index in [0.29, 0.717) is 19.4 Å². The lowest BCUT2D eigenvalue weighted by molar-refractivity contribution is -0.139. The Kier molecular flexibility index (Phi) is 7.00. The van der Waals surface area contributed by atoms with Gasteiger partial charge in [0.05, 0.1) is 5.94 Å². The zero-order valence-corrected chi connectivity index (χ0v) is 15.4. The van der Waals surface area contributed by atoms with Crippen LogP contribution in [-0.4, -0.2) is 52.4 Å². The highest BCUT2D eigenvalue weighted by molar-refractivity contribution is 6.43. The number of likely N-dealkylation sites (tertiary alicyclic amines) is 1. The van der Waals surface area contributed by atoms with E-state index in [2.05, 4.69) is 11.9 Å². The summed E-state index contributed by atoms with van der Waals surface area (Å²) in [5.41, 5.74) is 3.10. The van der Waals surface area contributed by atoms with E-state index in [0.717, 1.165) is 29.5 Å². The highest BCUT2D eigenvalue weighted by Gasteiger charge is 2.34. The van der Waals surface area contributed by atoms with E-state index in [-0.39, 0.29) is 11.8 Å². The minimum Gasteiger partial charge on any atom is -0.426 e. The van der Waals surface area contributed by atoms with Gasteiger partial charge in [0.1, 0.15) is 6.04 Å². The summed E-state index contributed by atoms with van der Waals surface area (Å²) in [4.78, 5) is 26.2. The maximum atomic E-state index is 12.7. The molecule has 1 heterocycles. The van der Waals surface area contributed by atoms with Crippen LogP contribution in [0.15, 0.2) is 30.9 Å². The van der Waals surface area contributed by atoms with Gasteiger partial charge in [0.15, 0.2) is 0 Å². The Hall–Kier alpha value is -2.12. The summed E-state index contributed by atoms with van der Waals surface area (Å²) in [6.45, 7) is 7.94. The minimum atomic E-state index is -1.69. The predicted octanol–water partition coefficient (Wildman–Crippen LogP) is 0.910. The molecule has 0 spiro atoms. The fourth-order valence-corrected chi connectivity index (χ4v) is 3.41. The molecule has 6 nitrogen and oxygen atoms in total. The monoisotopic (exact) mass is 358 g/mol. The van der Waals surface area contributed by atoms with Gasteiger partial charge in [-0.1, -0.05) is 30.3 Å². The van der Waals surface area contributed by atoms with Crippen LogP contribution in [0, 0.1) is 13.8 Å². The van der Waals surface area contributed by atoms with Gasteiger partial charge in [-0.05, 0) is 56.7 Å². The van der Waals surface area contributed by atoms with Crippen LogP contribution in [0.2, 0.25) is 0 Å². The molecule has 2 atom stereocenters. The number of piperidine rings is 1. The molecule has 1 aliphatic rings. The Bertz CT molecular complexity index is 678. The second-order valence-electron chi connectivity index (χ2n) is 6.91. The van der Waals surface area contributed by atoms with Crippen molar-refractivity contribution in [1.29, 1.82) is 0 Å². The second kappa shape index (κ2) is 9.01. The number of nitrogens with zero attached hydrogens (tertiary/aromatic N) is 1. The molecule has 0 saturated carbocycles. The van der Waals surface area contributed by atoms with Gasteiger partial charge >= 0.3 is 7.12 Å². The van der Waals surface area contributed by atoms with Crippen LogP contribution in [0.3, 0.4) is 0 Å². The fraction of sp³-hybridized carbons (Fsp3) is 0.474. The third-order valence-corrected chi connectivity index (χ3v) is 4.89. The zero-order valence-electron chi connectivity index (χ0n) is 15.4. The van der Waals surface area contributed by atoms with Gasteiger partial charge in [-0.15, -0.1) is 0 Å². The van der Waals surface area contributed by atoms with Crippen LogP contribution in [0.5, 0.6) is 0 Å². The lowest BCUT2D eigenvalue weighted by atomic mass is 9.75. The second-order valence-corrected chi connectivity index (χ2v) is 6.91. The molecule has 2 amide bonds. The first-order valence-electron chi connectivity index (χ1n) is 8.99. The van der Waals surface area contributed by atoms with Gasteiger partial charge in [-0.2, -0.15) is 0 Å². The first-order chi connectivity index (χ1) is 12.3. The van der Waals surface area contributed by atoms with Crippen molar-refractivity contribution >= 4 is 18.9 Å². The maximum absolute atomic E-state index is 12.7. The molecular weight excluding hydrogens is 331 g/mol. The average Bonchev–Trinajstić information content (AvgIpc) is 2.62. The molecule has 0 aromatic heterocycles. The summed E-state index contributed by atoms with van der Waals surface area (Å²) >= 11 is 0. The molecule has 2 rings (SSSR count). The highest BCUT2D eigenvalue weighted by atomic mass is 16.4. The molecule has 0 aliphatic carbocycles. The van der Waals surface area contributed by atoms with Gasteiger partial charge < -0.3 is 20.3 Å². The van der Waals surface area contributed by atoms with E-state index in [1.54, 1.807) is 0 Å². The lowest BCUT2D eigenvalue weighted by Gasteiger charge is -2.35. The first kappa shape index (κ1) is 20.2. The molecule has 3 N–H and O–H groups in total. The normalized spacial score (nSPS) is 18.2. The Morgan fingerprint density at radius 3 is 2.73 bits per heavy atom. The molecule has 1 aromatic rings. The van der Waals surface area contributed by atoms with Crippen LogP contribution in [0.4, 0.5) is 0 Å². The Morgan fingerprint density at radius 2 is 2.12 bits per heavy atom. The molecular formula is C19H27BN2O4. The van der Waals surface area contributed by atoms with Crippen molar-refractivity contribution < 1.29 is 19.6 Å². The van der Waals surface area contributed by atoms with Crippen molar-refractivity contribution in [3.8, 4) is 0 Å². The summed E-state index contributed by atoms with van der Waals surface area (Å²) in [6.07, 6.45) is 3.76. The summed E-state index contributed by atoms with van der Waals surface area (Å²) in [6, 6.07) is 5.30. The van der Waals surface area contributed by atoms with Gasteiger partial charge in [0.25, 0.3) is 0 Å². The van der Waals surface area contributed by atoms with Gasteiger partial charge in [-0.3, -0.25) is 9.59 Å². The van der Waals surface area contributed by atoms with E-state index in [1.807, 2.05) is 32.0 Å². The van der Waals surface area contributed by atoms with Crippen LogP contribution in [0.25, 0.3) is 0 Å². The van der Waals surface area contributed by atoms with E-state index in [4.69, 9.17) is 0 Å². The number of aryl methyl sites for hydroxylation is 2. The Balaban J connectivity index is 2.11. The molecule has 140 valence electrons. The third kappa shape index (κ3) is 4.96. The fourth-order valence-electron chi connectivity index (χ4n) is 3.41. The third-order valence-electron chi connectivity index (χ3n) is 4.89. The average molecular weight is 358 g/mol. The number of carbonyl (C=O) groups is 2. The summed E-state index contributed by atoms with van der Waals surface area (Å²) in [5, 5.41) is 22.2. The molecule has 0 bridgehead atoms. The van der Waals surface area contributed by atoms with E-state index < -0.39 is 19.1 Å². The summed E-state index contributed by atoms with van der Waals surface area (Å²) < 4.78 is 0. The van der Waals surface area contributed by atoms with E-state index in [1.165, 1.54) is 11.0 Å². The molecule has 1 aliphatic heterocycles. The smallest absolute Gasteiger partial charge is 0.426 e. The van der Waals surface area contributed by atoms with Gasteiger partial charge in [-0.25, -0.2) is 0 Å². The first-order valence-corrected chi connectivity index (χ1v) is 8.99. The number of amides is 2. The Morgan fingerprint density at radius 1 is 1.38 bits per heavy atom. The quantitative estimate of drug-likeness (QED) is 0.521. The van der Waals surface area contributed by atoms with E-state index in [9.17, 15) is 19.6 Å². The van der Waals surface area contributed by atoms with E-state index >= 15 is 0 Å². The highest BCUT2D eigenvalue weighted by Crippen LogP contribution is 2.19. The van der Waals surface area contributed by atoms with Crippen molar-refractivity contribution in [2.24, 2.45) is 0 Å². The Labute approximate surface area is 155 Å². The van der Waals surface area contributed by atoms with Crippen LogP contribution in [-0.2, 0) is 16.0 Å². The number of nitrogens with one attached hydrogen (secondary N) is 1. The number of carbonyl (C=O) groups excluding carboxylic acids is 2. The van der Waals surface area contributed by atoms with Crippen molar-refractivity contribution in [3.63, 3.8) is 0 Å². The standard InChI is InChI=1S/C19H27BN2O4/c1-4-18(23)22-10-6-5-7-16(22)19(24)21-17(20(25)26)12-15-9-8-13(2)11-14(15)3/h4,8-9,11,16-17,25-26H,1,5-7,10,12H2,2-3H3,(H,21,24). The molecule has 2 unspecified atom stereocenters. The maximum Gasteiger partial charge on any atom is 0.475 e. The number of hydrogen-bond donors (Lipinski definition) is 3. The summed E-state index contributed by atoms with van der Waals surface area (Å²) in [7, 11) is -1.69. The van der Waals surface area contributed by atoms with Gasteiger partial charge in [0, 0.05) is 6.54 Å². The molecule has 7 heteroatoms. The minimum absolute atomic E-state index is 0.277. The predicted molar refractivity (Wildman–Crippen MR) is 101 cm³/mol. The van der Waals surface area contributed by atoms with Crippen molar-refractivity contribution in [2.75, 3.05) is 6.54 Å². The molecule has 26 heavy (non-hydrogen) atoms. The topological polar surface area (TPSA) is 89.9 Å². The van der Waals surface area contributed by atoms with Crippen LogP contribution < -0.4 is 5.32 Å². The van der Waals surface area contributed by atoms with Crippen LogP contribution in [0.1, 0.15) is 36.0 Å². The molecule has 1 aromatic carbocycles. The van der Waals surface area contributed by atoms with Crippen LogP contribution >= 0.6 is 0 Å². The molecule has 0 radical (unpaired) electrons. The zero-order chi connectivity index (χ0) is 19.3. The number of benzene rings is 1. The summed E-state index contributed by atoms with van der Waals surface area (Å²) in [5.74, 6) is -1.48. The van der Waals surface area contributed by atoms with Crippen molar-refractivity contribution in [1.82, 2.24) is 10.2 Å². The molecule has 1 saturated heterocycles. The van der Waals surface area contributed by atoms with Crippen molar-refractivity contribution in [3.05, 3.63) is 47.5 Å². The molecule has 1 fully saturated rings. The number of rotatable bonds is 6. The SMILES string of the molecule is C=CC(=O)N1CCCCC1C(=O)NC(Cc1ccc(C)cc1C)B(O)O. The van der Waals surface area contributed by atoms with Crippen molar-refractivity contribution in [2.45, 2.75) is 51.5 Å². The lowest BCUT2D eigenvalue weighted by Crippen LogP contribution is -2.56.